The van der Waals surface area contributed by atoms with Crippen LogP contribution in [0.25, 0.3) is 0 Å². The summed E-state index contributed by atoms with van der Waals surface area (Å²) in [5, 5.41) is 5.14. The van der Waals surface area contributed by atoms with Gasteiger partial charge in [0.2, 0.25) is 0 Å². The zero-order chi connectivity index (χ0) is 12.5. The number of hydrogen-bond acceptors (Lipinski definition) is 1. The minimum atomic E-state index is 0.761. The van der Waals surface area contributed by atoms with Crippen LogP contribution in [0.1, 0.15) is 31.2 Å². The van der Waals surface area contributed by atoms with Crippen LogP contribution in [0, 0.1) is 17.8 Å². The fraction of sp³-hybridized carbons (Fsp3) is 0.600. The van der Waals surface area contributed by atoms with E-state index in [0.29, 0.717) is 0 Å². The van der Waals surface area contributed by atoms with Gasteiger partial charge in [-0.25, -0.2) is 0 Å². The van der Waals surface area contributed by atoms with Crippen molar-refractivity contribution in [3.63, 3.8) is 0 Å². The summed E-state index contributed by atoms with van der Waals surface area (Å²) in [6.45, 7) is 1.97. The predicted octanol–water partition coefficient (Wildman–Crippen LogP) is 4.52. The molecule has 98 valence electrons. The topological polar surface area (TPSA) is 12.0 Å². The Labute approximate surface area is 119 Å². The molecule has 0 aromatic heterocycles. The first-order chi connectivity index (χ1) is 8.74. The number of nitrogens with one attached hydrogen (secondary N) is 1. The highest BCUT2D eigenvalue weighted by molar-refractivity contribution is 6.33. The van der Waals surface area contributed by atoms with Crippen LogP contribution in [0.15, 0.2) is 18.2 Å². The lowest BCUT2D eigenvalue weighted by Gasteiger charge is -2.16. The second-order valence-corrected chi connectivity index (χ2v) is 6.55. The fourth-order valence-electron chi connectivity index (χ4n) is 2.82. The zero-order valence-corrected chi connectivity index (χ0v) is 12.0. The Morgan fingerprint density at radius 2 is 1.78 bits per heavy atom. The maximum absolute atomic E-state index is 6.16. The van der Waals surface area contributed by atoms with Gasteiger partial charge >= 0.3 is 0 Å². The van der Waals surface area contributed by atoms with Gasteiger partial charge in [0.25, 0.3) is 0 Å². The Morgan fingerprint density at radius 1 is 1.11 bits per heavy atom. The summed E-state index contributed by atoms with van der Waals surface area (Å²) in [5.74, 6) is 2.91. The molecule has 3 rings (SSSR count). The molecule has 0 atom stereocenters. The molecule has 0 saturated heterocycles. The van der Waals surface area contributed by atoms with Crippen molar-refractivity contribution >= 4 is 23.2 Å². The third-order valence-corrected chi connectivity index (χ3v) is 4.76. The van der Waals surface area contributed by atoms with Gasteiger partial charge in [0.15, 0.2) is 0 Å². The maximum Gasteiger partial charge on any atom is 0.0451 e. The molecule has 1 nitrogen and oxygen atoms in total. The minimum absolute atomic E-state index is 0.761. The molecular formula is C15H19Cl2N. The molecule has 2 aliphatic carbocycles. The molecule has 0 spiro atoms. The Bertz CT molecular complexity index is 413. The summed E-state index contributed by atoms with van der Waals surface area (Å²) in [4.78, 5) is 0. The molecule has 0 heterocycles. The van der Waals surface area contributed by atoms with E-state index in [-0.39, 0.29) is 0 Å². The highest BCUT2D eigenvalue weighted by atomic mass is 35.5. The molecule has 0 bridgehead atoms. The zero-order valence-electron chi connectivity index (χ0n) is 10.5. The SMILES string of the molecule is Clc1ccc(Cl)c(CNCC(C2CC2)C2CC2)c1. The second kappa shape index (κ2) is 5.40. The number of rotatable bonds is 6. The Hall–Kier alpha value is -0.240. The quantitative estimate of drug-likeness (QED) is 0.810. The van der Waals surface area contributed by atoms with E-state index in [4.69, 9.17) is 23.2 Å². The van der Waals surface area contributed by atoms with Gasteiger partial charge in [-0.15, -0.1) is 0 Å². The van der Waals surface area contributed by atoms with Gasteiger partial charge in [0.05, 0.1) is 0 Å². The van der Waals surface area contributed by atoms with Crippen LogP contribution in [0.5, 0.6) is 0 Å². The molecule has 18 heavy (non-hydrogen) atoms. The van der Waals surface area contributed by atoms with Crippen molar-refractivity contribution in [2.45, 2.75) is 32.2 Å². The van der Waals surface area contributed by atoms with Crippen molar-refractivity contribution < 1.29 is 0 Å². The van der Waals surface area contributed by atoms with Gasteiger partial charge in [-0.1, -0.05) is 23.2 Å². The molecule has 1 aromatic carbocycles. The average molecular weight is 284 g/mol. The molecular weight excluding hydrogens is 265 g/mol. The van der Waals surface area contributed by atoms with Crippen molar-refractivity contribution in [3.8, 4) is 0 Å². The summed E-state index contributed by atoms with van der Waals surface area (Å²) in [7, 11) is 0. The van der Waals surface area contributed by atoms with Crippen molar-refractivity contribution in [1.82, 2.24) is 5.32 Å². The lowest BCUT2D eigenvalue weighted by molar-refractivity contribution is 0.378. The van der Waals surface area contributed by atoms with Gasteiger partial charge in [-0.2, -0.15) is 0 Å². The molecule has 0 radical (unpaired) electrons. The predicted molar refractivity (Wildman–Crippen MR) is 77.1 cm³/mol. The first-order valence-corrected chi connectivity index (χ1v) is 7.64. The average Bonchev–Trinajstić information content (AvgIpc) is 3.22. The van der Waals surface area contributed by atoms with Crippen LogP contribution < -0.4 is 5.32 Å². The van der Waals surface area contributed by atoms with Crippen molar-refractivity contribution in [2.75, 3.05) is 6.54 Å². The van der Waals surface area contributed by atoms with Crippen molar-refractivity contribution in [2.24, 2.45) is 17.8 Å². The highest BCUT2D eigenvalue weighted by Gasteiger charge is 2.40. The van der Waals surface area contributed by atoms with Crippen LogP contribution in [0.4, 0.5) is 0 Å². The summed E-state index contributed by atoms with van der Waals surface area (Å²) >= 11 is 12.2. The van der Waals surface area contributed by atoms with E-state index >= 15 is 0 Å². The Morgan fingerprint density at radius 3 is 2.39 bits per heavy atom. The first kappa shape index (κ1) is 12.8. The van der Waals surface area contributed by atoms with E-state index in [9.17, 15) is 0 Å². The van der Waals surface area contributed by atoms with E-state index in [0.717, 1.165) is 46.5 Å². The maximum atomic E-state index is 6.16. The molecule has 0 amide bonds. The van der Waals surface area contributed by atoms with Crippen molar-refractivity contribution in [3.05, 3.63) is 33.8 Å². The monoisotopic (exact) mass is 283 g/mol. The van der Waals surface area contributed by atoms with E-state index < -0.39 is 0 Å². The van der Waals surface area contributed by atoms with Gasteiger partial charge in [0.1, 0.15) is 0 Å². The molecule has 0 aliphatic heterocycles. The van der Waals surface area contributed by atoms with Crippen LogP contribution in [0.3, 0.4) is 0 Å². The van der Waals surface area contributed by atoms with E-state index in [2.05, 4.69) is 5.32 Å². The molecule has 0 unspecified atom stereocenters. The molecule has 2 aliphatic rings. The van der Waals surface area contributed by atoms with Gasteiger partial charge in [0, 0.05) is 16.6 Å². The van der Waals surface area contributed by atoms with Gasteiger partial charge in [-0.05, 0) is 73.7 Å². The molecule has 2 saturated carbocycles. The largest absolute Gasteiger partial charge is 0.312 e. The Kier molecular flexibility index (Phi) is 3.83. The summed E-state index contributed by atoms with van der Waals surface area (Å²) in [6, 6.07) is 5.67. The summed E-state index contributed by atoms with van der Waals surface area (Å²) in [6.07, 6.45) is 5.78. The van der Waals surface area contributed by atoms with Gasteiger partial charge < -0.3 is 5.32 Å². The third-order valence-electron chi connectivity index (χ3n) is 4.16. The Balaban J connectivity index is 1.52. The first-order valence-electron chi connectivity index (χ1n) is 6.88. The minimum Gasteiger partial charge on any atom is -0.312 e. The molecule has 1 aromatic rings. The van der Waals surface area contributed by atoms with E-state index in [1.54, 1.807) is 0 Å². The molecule has 3 heteroatoms. The standard InChI is InChI=1S/C15H19Cl2N/c16-13-5-6-15(17)12(7-13)8-18-9-14(10-1-2-10)11-3-4-11/h5-7,10-11,14,18H,1-4,8-9H2. The van der Waals surface area contributed by atoms with Crippen LogP contribution in [-0.4, -0.2) is 6.54 Å². The second-order valence-electron chi connectivity index (χ2n) is 5.71. The van der Waals surface area contributed by atoms with Crippen LogP contribution >= 0.6 is 23.2 Å². The molecule has 2 fully saturated rings. The van der Waals surface area contributed by atoms with Crippen LogP contribution in [0.2, 0.25) is 10.0 Å². The third kappa shape index (κ3) is 3.20. The van der Waals surface area contributed by atoms with Crippen LogP contribution in [-0.2, 0) is 6.54 Å². The smallest absolute Gasteiger partial charge is 0.0451 e. The normalized spacial score (nSPS) is 19.5. The lowest BCUT2D eigenvalue weighted by atomic mass is 9.98. The number of halogens is 2. The lowest BCUT2D eigenvalue weighted by Crippen LogP contribution is -2.25. The van der Waals surface area contributed by atoms with E-state index in [1.807, 2.05) is 18.2 Å². The molecule has 1 N–H and O–H groups in total. The fourth-order valence-corrected chi connectivity index (χ4v) is 3.20. The summed E-state index contributed by atoms with van der Waals surface area (Å²) in [5.41, 5.74) is 1.11. The summed E-state index contributed by atoms with van der Waals surface area (Å²) < 4.78 is 0. The van der Waals surface area contributed by atoms with Gasteiger partial charge in [-0.3, -0.25) is 0 Å². The number of benzene rings is 1. The highest BCUT2D eigenvalue weighted by Crippen LogP contribution is 2.48. The number of hydrogen-bond donors (Lipinski definition) is 1. The van der Waals surface area contributed by atoms with Crippen molar-refractivity contribution in [1.29, 1.82) is 0 Å². The van der Waals surface area contributed by atoms with E-state index in [1.165, 1.54) is 25.7 Å².